The lowest BCUT2D eigenvalue weighted by atomic mass is 10.0. The zero-order chi connectivity index (χ0) is 21.3. The van der Waals surface area contributed by atoms with Crippen LogP contribution in [-0.2, 0) is 6.54 Å². The number of hydrogen-bond donors (Lipinski definition) is 2. The van der Waals surface area contributed by atoms with Gasteiger partial charge in [-0.2, -0.15) is 0 Å². The minimum Gasteiger partial charge on any atom is -0.353 e. The van der Waals surface area contributed by atoms with Gasteiger partial charge in [0.1, 0.15) is 0 Å². The summed E-state index contributed by atoms with van der Waals surface area (Å²) in [5, 5.41) is 3.72. The van der Waals surface area contributed by atoms with Crippen LogP contribution in [0.4, 0.5) is 5.95 Å². The van der Waals surface area contributed by atoms with Gasteiger partial charge in [0.15, 0.2) is 0 Å². The van der Waals surface area contributed by atoms with Crippen molar-refractivity contribution < 1.29 is 0 Å². The first-order valence-electron chi connectivity index (χ1n) is 10.9. The molecule has 1 aromatic carbocycles. The smallest absolute Gasteiger partial charge is 0.204 e. The minimum atomic E-state index is 0.223. The van der Waals surface area contributed by atoms with Gasteiger partial charge in [-0.3, -0.25) is 9.97 Å². The molecule has 7 nitrogen and oxygen atoms in total. The normalized spacial score (nSPS) is 16.8. The summed E-state index contributed by atoms with van der Waals surface area (Å²) in [7, 11) is 0. The number of hydrogen-bond acceptors (Lipinski definition) is 6. The summed E-state index contributed by atoms with van der Waals surface area (Å²) < 4.78 is 2.25. The van der Waals surface area contributed by atoms with Gasteiger partial charge in [0, 0.05) is 31.7 Å². The molecular formula is C23H33N7. The number of rotatable bonds is 6. The predicted molar refractivity (Wildman–Crippen MR) is 122 cm³/mol. The molecule has 0 amide bonds. The number of piperidine rings is 1. The lowest BCUT2D eigenvalue weighted by Crippen LogP contribution is -2.44. The molecule has 1 unspecified atom stereocenters. The Labute approximate surface area is 178 Å². The number of nitrogens with two attached hydrogens (primary N) is 1. The zero-order valence-corrected chi connectivity index (χ0v) is 18.5. The van der Waals surface area contributed by atoms with E-state index in [0.717, 1.165) is 72.2 Å². The highest BCUT2D eigenvalue weighted by Crippen LogP contribution is 2.24. The Hall–Kier alpha value is -2.51. The molecule has 1 aliphatic heterocycles. The number of anilines is 1. The summed E-state index contributed by atoms with van der Waals surface area (Å²) >= 11 is 0. The number of nitrogens with one attached hydrogen (secondary N) is 1. The Kier molecular flexibility index (Phi) is 6.01. The van der Waals surface area contributed by atoms with Gasteiger partial charge in [-0.15, -0.1) is 0 Å². The third-order valence-corrected chi connectivity index (χ3v) is 6.01. The summed E-state index contributed by atoms with van der Waals surface area (Å²) in [6.45, 7) is 11.9. The van der Waals surface area contributed by atoms with E-state index in [2.05, 4.69) is 44.9 Å². The zero-order valence-electron chi connectivity index (χ0n) is 18.5. The van der Waals surface area contributed by atoms with Gasteiger partial charge in [0.2, 0.25) is 5.95 Å². The van der Waals surface area contributed by atoms with Crippen molar-refractivity contribution in [3.63, 3.8) is 0 Å². The van der Waals surface area contributed by atoms with E-state index in [9.17, 15) is 0 Å². The van der Waals surface area contributed by atoms with Crippen molar-refractivity contribution >= 4 is 17.0 Å². The summed E-state index contributed by atoms with van der Waals surface area (Å²) in [6.07, 6.45) is 2.19. The Bertz CT molecular complexity index is 1020. The van der Waals surface area contributed by atoms with Crippen molar-refractivity contribution in [1.82, 2.24) is 24.4 Å². The molecule has 2 aromatic heterocycles. The lowest BCUT2D eigenvalue weighted by molar-refractivity contribution is 0.210. The Morgan fingerprint density at radius 3 is 2.47 bits per heavy atom. The van der Waals surface area contributed by atoms with E-state index in [4.69, 9.17) is 15.7 Å². The minimum absolute atomic E-state index is 0.223. The molecule has 1 fully saturated rings. The maximum absolute atomic E-state index is 5.97. The van der Waals surface area contributed by atoms with Crippen molar-refractivity contribution in [1.29, 1.82) is 0 Å². The molecule has 0 spiro atoms. The molecule has 160 valence electrons. The first kappa shape index (κ1) is 20.8. The first-order chi connectivity index (χ1) is 14.4. The topological polar surface area (TPSA) is 84.9 Å². The third kappa shape index (κ3) is 4.47. The number of aryl methyl sites for hydroxylation is 3. The lowest BCUT2D eigenvalue weighted by Gasteiger charge is -2.33. The van der Waals surface area contributed by atoms with Gasteiger partial charge in [-0.05, 0) is 52.7 Å². The average molecular weight is 408 g/mol. The van der Waals surface area contributed by atoms with Crippen LogP contribution in [0.2, 0.25) is 0 Å². The summed E-state index contributed by atoms with van der Waals surface area (Å²) in [4.78, 5) is 16.9. The second kappa shape index (κ2) is 8.70. The highest BCUT2D eigenvalue weighted by Gasteiger charge is 2.22. The molecule has 1 aliphatic rings. The second-order valence-electron chi connectivity index (χ2n) is 8.63. The van der Waals surface area contributed by atoms with E-state index in [-0.39, 0.29) is 6.04 Å². The molecular weight excluding hydrogens is 374 g/mol. The molecule has 3 N–H and O–H groups in total. The maximum atomic E-state index is 5.97. The van der Waals surface area contributed by atoms with Gasteiger partial charge in [-0.1, -0.05) is 12.1 Å². The fourth-order valence-electron chi connectivity index (χ4n) is 4.26. The molecule has 0 radical (unpaired) electrons. The number of para-hydroxylation sites is 2. The highest BCUT2D eigenvalue weighted by molar-refractivity contribution is 5.78. The van der Waals surface area contributed by atoms with Crippen molar-refractivity contribution in [2.45, 2.75) is 59.2 Å². The number of imidazole rings is 1. The molecule has 0 saturated carbocycles. The van der Waals surface area contributed by atoms with Crippen LogP contribution in [-0.4, -0.2) is 56.1 Å². The van der Waals surface area contributed by atoms with E-state index in [1.54, 1.807) is 0 Å². The monoisotopic (exact) mass is 407 g/mol. The quantitative estimate of drug-likeness (QED) is 0.653. The molecule has 0 aliphatic carbocycles. The van der Waals surface area contributed by atoms with E-state index in [1.165, 1.54) is 0 Å². The average Bonchev–Trinajstić information content (AvgIpc) is 3.04. The molecule has 3 aromatic rings. The molecule has 0 bridgehead atoms. The van der Waals surface area contributed by atoms with Crippen LogP contribution in [0.3, 0.4) is 0 Å². The van der Waals surface area contributed by atoms with Gasteiger partial charge >= 0.3 is 0 Å². The van der Waals surface area contributed by atoms with Crippen molar-refractivity contribution in [3.05, 3.63) is 47.0 Å². The molecule has 30 heavy (non-hydrogen) atoms. The molecule has 3 heterocycles. The second-order valence-corrected chi connectivity index (χ2v) is 8.63. The fourth-order valence-corrected chi connectivity index (χ4v) is 4.26. The summed E-state index contributed by atoms with van der Waals surface area (Å²) in [5.41, 5.74) is 12.0. The molecule has 1 saturated heterocycles. The van der Waals surface area contributed by atoms with Crippen molar-refractivity contribution in [3.8, 4) is 0 Å². The Morgan fingerprint density at radius 1 is 1.03 bits per heavy atom. The predicted octanol–water partition coefficient (Wildman–Crippen LogP) is 3.02. The van der Waals surface area contributed by atoms with E-state index >= 15 is 0 Å². The fraction of sp³-hybridized carbons (Fsp3) is 0.522. The summed E-state index contributed by atoms with van der Waals surface area (Å²) in [5.74, 6) is 0.918. The van der Waals surface area contributed by atoms with Crippen LogP contribution in [0.1, 0.15) is 42.5 Å². The summed E-state index contributed by atoms with van der Waals surface area (Å²) in [6, 6.07) is 8.94. The highest BCUT2D eigenvalue weighted by atomic mass is 15.2. The van der Waals surface area contributed by atoms with Crippen LogP contribution in [0.5, 0.6) is 0 Å². The largest absolute Gasteiger partial charge is 0.353 e. The van der Waals surface area contributed by atoms with Crippen LogP contribution < -0.4 is 11.1 Å². The molecule has 7 heteroatoms. The third-order valence-electron chi connectivity index (χ3n) is 6.01. The molecule has 4 rings (SSSR count). The van der Waals surface area contributed by atoms with Crippen LogP contribution in [0, 0.1) is 20.8 Å². The maximum Gasteiger partial charge on any atom is 0.204 e. The van der Waals surface area contributed by atoms with Gasteiger partial charge in [-0.25, -0.2) is 4.98 Å². The van der Waals surface area contributed by atoms with E-state index < -0.39 is 0 Å². The number of fused-ring (bicyclic) bond motifs is 1. The van der Waals surface area contributed by atoms with Gasteiger partial charge < -0.3 is 20.5 Å². The van der Waals surface area contributed by atoms with E-state index in [0.29, 0.717) is 12.6 Å². The van der Waals surface area contributed by atoms with Crippen LogP contribution in [0.25, 0.3) is 11.0 Å². The Morgan fingerprint density at radius 2 is 1.73 bits per heavy atom. The number of benzene rings is 1. The standard InChI is InChI=1S/C23H33N7/c1-15(24)13-29-11-9-19(10-12-29)27-23-28-20-7-5-6-8-22(20)30(23)14-21-18(4)25-16(2)17(3)26-21/h5-8,15,19H,9-14,24H2,1-4H3,(H,27,28). The Balaban J connectivity index is 1.58. The van der Waals surface area contributed by atoms with Gasteiger partial charge in [0.05, 0.1) is 40.4 Å². The first-order valence-corrected chi connectivity index (χ1v) is 10.9. The van der Waals surface area contributed by atoms with E-state index in [1.807, 2.05) is 26.8 Å². The number of likely N-dealkylation sites (tertiary alicyclic amines) is 1. The van der Waals surface area contributed by atoms with Crippen molar-refractivity contribution in [2.24, 2.45) is 5.73 Å². The van der Waals surface area contributed by atoms with Crippen LogP contribution >= 0.6 is 0 Å². The number of nitrogens with zero attached hydrogens (tertiary/aromatic N) is 5. The van der Waals surface area contributed by atoms with Crippen molar-refractivity contribution in [2.75, 3.05) is 25.0 Å². The van der Waals surface area contributed by atoms with Crippen LogP contribution in [0.15, 0.2) is 24.3 Å². The number of aromatic nitrogens is 4. The SMILES string of the molecule is Cc1nc(C)c(Cn2c(NC3CCN(CC(C)N)CC3)nc3ccccc32)nc1C. The van der Waals surface area contributed by atoms with Gasteiger partial charge in [0.25, 0.3) is 0 Å². The molecule has 1 atom stereocenters.